The summed E-state index contributed by atoms with van der Waals surface area (Å²) < 4.78 is 29.8. The lowest BCUT2D eigenvalue weighted by Gasteiger charge is -2.15. The maximum Gasteiger partial charge on any atom is 0.524 e. The van der Waals surface area contributed by atoms with E-state index in [2.05, 4.69) is 9.84 Å². The molecule has 5 N–H and O–H groups in total. The Bertz CT molecular complexity index is 593. The molecule has 1 aromatic rings. The molecule has 0 heterocycles. The molecular weight excluding hydrogens is 338 g/mol. The van der Waals surface area contributed by atoms with Crippen LogP contribution < -0.4 is 15.6 Å². The Morgan fingerprint density at radius 3 is 2.62 bits per heavy atom. The first kappa shape index (κ1) is 20.6. The Morgan fingerprint density at radius 1 is 1.33 bits per heavy atom. The van der Waals surface area contributed by atoms with Crippen LogP contribution in [0.4, 0.5) is 4.39 Å². The van der Waals surface area contributed by atoms with E-state index in [1.807, 2.05) is 0 Å². The molecule has 0 aliphatic carbocycles. The minimum Gasteiger partial charge on any atom is -0.404 e. The third-order valence-electron chi connectivity index (χ3n) is 3.32. The number of rotatable bonds is 10. The Kier molecular flexibility index (Phi) is 8.35. The van der Waals surface area contributed by atoms with Gasteiger partial charge in [-0.05, 0) is 38.4 Å². The van der Waals surface area contributed by atoms with Crippen molar-refractivity contribution in [2.75, 3.05) is 13.1 Å². The molecule has 0 aliphatic heterocycles. The van der Waals surface area contributed by atoms with Crippen LogP contribution in [0.15, 0.2) is 18.2 Å². The lowest BCUT2D eigenvalue weighted by atomic mass is 10.1. The highest BCUT2D eigenvalue weighted by atomic mass is 31.2. The van der Waals surface area contributed by atoms with Gasteiger partial charge in [-0.3, -0.25) is 14.6 Å². The van der Waals surface area contributed by atoms with Gasteiger partial charge in [0.05, 0.1) is 0 Å². The van der Waals surface area contributed by atoms with Crippen LogP contribution in [0.1, 0.15) is 43.0 Å². The number of nitrogens with two attached hydrogens (primary N) is 1. The van der Waals surface area contributed by atoms with Gasteiger partial charge in [-0.2, -0.15) is 0 Å². The average molecular weight is 362 g/mol. The lowest BCUT2D eigenvalue weighted by Crippen LogP contribution is -2.28. The van der Waals surface area contributed by atoms with Crippen molar-refractivity contribution in [3.05, 3.63) is 29.3 Å². The van der Waals surface area contributed by atoms with E-state index in [1.54, 1.807) is 6.92 Å². The third kappa shape index (κ3) is 7.40. The summed E-state index contributed by atoms with van der Waals surface area (Å²) in [5, 5.41) is 2.47. The first-order valence-corrected chi connectivity index (χ1v) is 9.25. The number of nitrogens with one attached hydrogen (secondary N) is 1. The van der Waals surface area contributed by atoms with E-state index in [9.17, 15) is 13.8 Å². The number of alkyl halides is 1. The molecule has 0 spiro atoms. The number of phosphoric ester groups is 1. The molecule has 1 amide bonds. The van der Waals surface area contributed by atoms with Gasteiger partial charge in [-0.15, -0.1) is 0 Å². The van der Waals surface area contributed by atoms with Crippen molar-refractivity contribution < 1.29 is 28.1 Å². The fourth-order valence-corrected chi connectivity index (χ4v) is 2.57. The summed E-state index contributed by atoms with van der Waals surface area (Å²) >= 11 is 0. The number of halogens is 1. The molecule has 9 heteroatoms. The molecule has 0 saturated heterocycles. The molecular formula is C15H24FN2O5P. The van der Waals surface area contributed by atoms with Crippen molar-refractivity contribution >= 4 is 13.7 Å². The van der Waals surface area contributed by atoms with Crippen LogP contribution in [0.3, 0.4) is 0 Å². The zero-order chi connectivity index (χ0) is 18.2. The van der Waals surface area contributed by atoms with Gasteiger partial charge in [0.1, 0.15) is 5.75 Å². The predicted octanol–water partition coefficient (Wildman–Crippen LogP) is 2.11. The molecule has 1 atom stereocenters. The van der Waals surface area contributed by atoms with Crippen LogP contribution in [0, 0.1) is 6.92 Å². The maximum atomic E-state index is 14.4. The maximum absolute atomic E-state index is 14.4. The number of carbonyl (C=O) groups is 1. The van der Waals surface area contributed by atoms with E-state index in [0.717, 1.165) is 19.3 Å². The number of phosphoric acid groups is 1. The molecule has 0 aromatic heterocycles. The molecule has 0 saturated carbocycles. The minimum atomic E-state index is -4.85. The molecule has 0 bridgehead atoms. The number of amides is 1. The van der Waals surface area contributed by atoms with Crippen molar-refractivity contribution in [3.8, 4) is 5.75 Å². The van der Waals surface area contributed by atoms with E-state index < -0.39 is 19.9 Å². The summed E-state index contributed by atoms with van der Waals surface area (Å²) in [5.41, 5.74) is 5.81. The van der Waals surface area contributed by atoms with Crippen LogP contribution in [0.2, 0.25) is 0 Å². The number of aryl methyl sites for hydroxylation is 1. The summed E-state index contributed by atoms with van der Waals surface area (Å²) in [5.74, 6) is -1.21. The highest BCUT2D eigenvalue weighted by Gasteiger charge is 2.26. The second-order valence-corrected chi connectivity index (χ2v) is 6.64. The van der Waals surface area contributed by atoms with Gasteiger partial charge >= 0.3 is 7.82 Å². The number of hydrogen-bond donors (Lipinski definition) is 4. The van der Waals surface area contributed by atoms with Crippen molar-refractivity contribution in [2.45, 2.75) is 38.8 Å². The predicted molar refractivity (Wildman–Crippen MR) is 88.2 cm³/mol. The Balaban J connectivity index is 2.68. The smallest absolute Gasteiger partial charge is 0.404 e. The van der Waals surface area contributed by atoms with E-state index in [0.29, 0.717) is 25.1 Å². The molecule has 0 fully saturated rings. The standard InChI is InChI=1S/C15H24FN2O5P/c1-11-6-7-13(23-24(20,21)22)12(10-11)14(16)15(19)18-9-5-3-2-4-8-17/h6-7,10,14H,2-5,8-9,17H2,1H3,(H,18,19)(H2,20,21,22). The van der Waals surface area contributed by atoms with Crippen molar-refractivity contribution in [3.63, 3.8) is 0 Å². The van der Waals surface area contributed by atoms with Crippen LogP contribution in [0.25, 0.3) is 0 Å². The Labute approximate surface area is 140 Å². The van der Waals surface area contributed by atoms with Crippen LogP contribution >= 0.6 is 7.82 Å². The molecule has 0 radical (unpaired) electrons. The molecule has 1 rings (SSSR count). The molecule has 0 aliphatic rings. The van der Waals surface area contributed by atoms with Gasteiger partial charge in [0.15, 0.2) is 0 Å². The van der Waals surface area contributed by atoms with Crippen LogP contribution in [0.5, 0.6) is 5.75 Å². The third-order valence-corrected chi connectivity index (χ3v) is 3.75. The summed E-state index contributed by atoms with van der Waals surface area (Å²) in [6.45, 7) is 2.62. The zero-order valence-corrected chi connectivity index (χ0v) is 14.5. The second kappa shape index (κ2) is 9.74. The van der Waals surface area contributed by atoms with Crippen molar-refractivity contribution in [1.29, 1.82) is 0 Å². The monoisotopic (exact) mass is 362 g/mol. The quantitative estimate of drug-likeness (QED) is 0.374. The minimum absolute atomic E-state index is 0.209. The molecule has 1 unspecified atom stereocenters. The highest BCUT2D eigenvalue weighted by molar-refractivity contribution is 7.46. The Morgan fingerprint density at radius 2 is 2.00 bits per heavy atom. The zero-order valence-electron chi connectivity index (χ0n) is 13.6. The van der Waals surface area contributed by atoms with Crippen molar-refractivity contribution in [2.24, 2.45) is 5.73 Å². The second-order valence-electron chi connectivity index (χ2n) is 5.48. The summed E-state index contributed by atoms with van der Waals surface area (Å²) in [6, 6.07) is 4.07. The van der Waals surface area contributed by atoms with Gasteiger partial charge in [-0.25, -0.2) is 8.96 Å². The first-order valence-electron chi connectivity index (χ1n) is 7.72. The summed E-state index contributed by atoms with van der Waals surface area (Å²) in [7, 11) is -4.85. The van der Waals surface area contributed by atoms with E-state index in [1.165, 1.54) is 18.2 Å². The molecule has 24 heavy (non-hydrogen) atoms. The normalized spacial score (nSPS) is 12.7. The lowest BCUT2D eigenvalue weighted by molar-refractivity contribution is -0.126. The average Bonchev–Trinajstić information content (AvgIpc) is 2.50. The fourth-order valence-electron chi connectivity index (χ4n) is 2.14. The SMILES string of the molecule is Cc1ccc(OP(=O)(O)O)c(C(F)C(=O)NCCCCCCN)c1. The van der Waals surface area contributed by atoms with Gasteiger partial charge in [0.2, 0.25) is 6.17 Å². The largest absolute Gasteiger partial charge is 0.524 e. The topological polar surface area (TPSA) is 122 Å². The van der Waals surface area contributed by atoms with Gasteiger partial charge in [0.25, 0.3) is 5.91 Å². The highest BCUT2D eigenvalue weighted by Crippen LogP contribution is 2.41. The first-order chi connectivity index (χ1) is 11.2. The van der Waals surface area contributed by atoms with Gasteiger partial charge < -0.3 is 15.6 Å². The number of benzene rings is 1. The van der Waals surface area contributed by atoms with Gasteiger partial charge in [0, 0.05) is 12.1 Å². The summed E-state index contributed by atoms with van der Waals surface area (Å²) in [4.78, 5) is 29.7. The molecule has 7 nitrogen and oxygen atoms in total. The van der Waals surface area contributed by atoms with E-state index in [4.69, 9.17) is 15.5 Å². The van der Waals surface area contributed by atoms with Crippen LogP contribution in [-0.4, -0.2) is 28.8 Å². The number of carbonyl (C=O) groups excluding carboxylic acids is 1. The summed E-state index contributed by atoms with van der Waals surface area (Å²) in [6.07, 6.45) is 1.37. The van der Waals surface area contributed by atoms with E-state index >= 15 is 0 Å². The van der Waals surface area contributed by atoms with Gasteiger partial charge in [-0.1, -0.05) is 24.5 Å². The van der Waals surface area contributed by atoms with Crippen LogP contribution in [-0.2, 0) is 9.36 Å². The molecule has 136 valence electrons. The fraction of sp³-hybridized carbons (Fsp3) is 0.533. The molecule has 1 aromatic carbocycles. The van der Waals surface area contributed by atoms with Crippen molar-refractivity contribution in [1.82, 2.24) is 5.32 Å². The number of hydrogen-bond acceptors (Lipinski definition) is 4. The Hall–Kier alpha value is -1.47. The number of unbranched alkanes of at least 4 members (excludes halogenated alkanes) is 3. The van der Waals surface area contributed by atoms with E-state index in [-0.39, 0.29) is 11.3 Å².